The number of sulfone groups is 1. The Labute approximate surface area is 104 Å². The van der Waals surface area contributed by atoms with Gasteiger partial charge in [-0.15, -0.1) is 0 Å². The van der Waals surface area contributed by atoms with Gasteiger partial charge in [-0.1, -0.05) is 30.4 Å². The van der Waals surface area contributed by atoms with Gasteiger partial charge in [-0.05, 0) is 43.2 Å². The molecule has 0 aliphatic heterocycles. The van der Waals surface area contributed by atoms with Crippen molar-refractivity contribution >= 4 is 9.84 Å². The van der Waals surface area contributed by atoms with Crippen molar-refractivity contribution in [3.63, 3.8) is 0 Å². The molecule has 0 N–H and O–H groups in total. The van der Waals surface area contributed by atoms with E-state index < -0.39 is 15.1 Å². The first kappa shape index (κ1) is 9.89. The van der Waals surface area contributed by atoms with E-state index in [1.165, 1.54) is 0 Å². The molecule has 90 valence electrons. The lowest BCUT2D eigenvalue weighted by molar-refractivity contribution is 0.523. The van der Waals surface area contributed by atoms with Gasteiger partial charge in [0.15, 0.2) is 9.84 Å². The molecule has 1 aromatic rings. The molecule has 0 radical (unpaired) electrons. The van der Waals surface area contributed by atoms with Crippen molar-refractivity contribution in [2.75, 3.05) is 0 Å². The maximum Gasteiger partial charge on any atom is 0.185 e. The average Bonchev–Trinajstić information content (AvgIpc) is 2.94. The minimum absolute atomic E-state index is 0.0831. The third-order valence-electron chi connectivity index (χ3n) is 3.96. The van der Waals surface area contributed by atoms with Gasteiger partial charge in [0.05, 0.1) is 11.5 Å². The molecule has 2 aliphatic carbocycles. The van der Waals surface area contributed by atoms with Crippen LogP contribution in [0.25, 0.3) is 0 Å². The first-order chi connectivity index (χ1) is 8.48. The molecule has 0 aromatic heterocycles. The second kappa shape index (κ2) is 3.70. The zero-order valence-corrected chi connectivity index (χ0v) is 10.4. The Kier molecular flexibility index (Phi) is 2.15. The van der Waals surface area contributed by atoms with Gasteiger partial charge in [0, 0.05) is 0 Å². The highest BCUT2D eigenvalue weighted by Crippen LogP contribution is 2.51. The summed E-state index contributed by atoms with van der Waals surface area (Å²) in [6.07, 6.45) is 2.64. The number of hydrogen-bond donors (Lipinski definition) is 0. The molecule has 0 saturated heterocycles. The molecule has 0 heterocycles. The van der Waals surface area contributed by atoms with Crippen LogP contribution in [0.4, 0.5) is 0 Å². The second-order valence-electron chi connectivity index (χ2n) is 4.91. The van der Waals surface area contributed by atoms with Crippen LogP contribution in [0.15, 0.2) is 47.4 Å². The number of fused-ring (bicyclic) bond motifs is 2. The minimum atomic E-state index is -3.65. The van der Waals surface area contributed by atoms with Crippen LogP contribution in [-0.2, 0) is 9.84 Å². The van der Waals surface area contributed by atoms with Crippen molar-refractivity contribution in [3.05, 3.63) is 42.5 Å². The van der Waals surface area contributed by atoms with Gasteiger partial charge in [0.1, 0.15) is 0 Å². The van der Waals surface area contributed by atoms with Crippen molar-refractivity contribution < 1.29 is 9.79 Å². The molecule has 3 rings (SSSR count). The van der Waals surface area contributed by atoms with E-state index in [4.69, 9.17) is 1.37 Å². The Morgan fingerprint density at radius 3 is 2.53 bits per heavy atom. The maximum atomic E-state index is 12.7. The van der Waals surface area contributed by atoms with Crippen LogP contribution in [0, 0.1) is 11.8 Å². The van der Waals surface area contributed by atoms with Crippen molar-refractivity contribution in [1.82, 2.24) is 0 Å². The molecule has 3 heteroatoms. The molecule has 2 bridgehead atoms. The predicted octanol–water partition coefficient (Wildman–Crippen LogP) is 2.82. The van der Waals surface area contributed by atoms with Crippen molar-refractivity contribution in [2.24, 2.45) is 11.8 Å². The number of hydrogen-bond acceptors (Lipinski definition) is 2. The van der Waals surface area contributed by atoms with Gasteiger partial charge in [-0.2, -0.15) is 0 Å². The fourth-order valence-corrected chi connectivity index (χ4v) is 5.05. The van der Waals surface area contributed by atoms with Gasteiger partial charge < -0.3 is 0 Å². The molecule has 0 amide bonds. The van der Waals surface area contributed by atoms with Crippen LogP contribution in [0.1, 0.15) is 20.6 Å². The first-order valence-corrected chi connectivity index (χ1v) is 7.45. The Morgan fingerprint density at radius 1 is 1.24 bits per heavy atom. The summed E-state index contributed by atoms with van der Waals surface area (Å²) in [5.74, 6) is 0.145. The van der Waals surface area contributed by atoms with E-state index >= 15 is 0 Å². The quantitative estimate of drug-likeness (QED) is 0.755. The van der Waals surface area contributed by atoms with Crippen LogP contribution in [0.2, 0.25) is 0 Å². The Bertz CT molecular complexity index is 593. The molecule has 2 fully saturated rings. The van der Waals surface area contributed by atoms with E-state index in [9.17, 15) is 8.42 Å². The maximum absolute atomic E-state index is 12.7. The summed E-state index contributed by atoms with van der Waals surface area (Å²) in [5, 5.41) is -1.50. The van der Waals surface area contributed by atoms with Crippen LogP contribution >= 0.6 is 0 Å². The largest absolute Gasteiger partial charge is 0.223 e. The van der Waals surface area contributed by atoms with Crippen LogP contribution in [-0.4, -0.2) is 13.6 Å². The monoisotopic (exact) mass is 249 g/mol. The van der Waals surface area contributed by atoms with Gasteiger partial charge >= 0.3 is 0 Å². The van der Waals surface area contributed by atoms with E-state index in [0.29, 0.717) is 5.57 Å². The molecule has 2 aliphatic rings. The molecule has 2 nitrogen and oxygen atoms in total. The Balaban J connectivity index is 2.13. The highest BCUT2D eigenvalue weighted by atomic mass is 32.2. The molecule has 1 aromatic carbocycles. The zero-order valence-electron chi connectivity index (χ0n) is 10.6. The summed E-state index contributed by atoms with van der Waals surface area (Å²) in [5.41, 5.74) is 0.600. The lowest BCUT2D eigenvalue weighted by Crippen LogP contribution is -2.29. The highest BCUT2D eigenvalue weighted by Gasteiger charge is 2.49. The fourth-order valence-electron chi connectivity index (χ4n) is 3.12. The zero-order chi connectivity index (χ0) is 13.0. The standard InChI is InChI=1S/C14H16O2S/c1-10-11-7-8-12(9-11)14(10)17(15,16)13-5-3-2-4-6-13/h2-6,11-12,14H,1,7-9H2/t11-,12+,14+/m1/s1/i14D. The topological polar surface area (TPSA) is 34.1 Å². The second-order valence-corrected chi connectivity index (χ2v) is 6.83. The smallest absolute Gasteiger partial charge is 0.185 e. The third-order valence-corrected chi connectivity index (χ3v) is 6.02. The molecule has 3 atom stereocenters. The van der Waals surface area contributed by atoms with Crippen molar-refractivity contribution in [2.45, 2.75) is 29.4 Å². The van der Waals surface area contributed by atoms with E-state index in [1.807, 2.05) is 0 Å². The predicted molar refractivity (Wildman–Crippen MR) is 67.4 cm³/mol. The lowest BCUT2D eigenvalue weighted by Gasteiger charge is -2.24. The number of rotatable bonds is 2. The fraction of sp³-hybridized carbons (Fsp3) is 0.429. The van der Waals surface area contributed by atoms with E-state index in [-0.39, 0.29) is 16.7 Å². The average molecular weight is 249 g/mol. The van der Waals surface area contributed by atoms with Gasteiger partial charge in [-0.3, -0.25) is 0 Å². The van der Waals surface area contributed by atoms with Crippen LogP contribution in [0.5, 0.6) is 0 Å². The normalized spacial score (nSPS) is 37.2. The lowest BCUT2D eigenvalue weighted by atomic mass is 9.96. The van der Waals surface area contributed by atoms with Crippen LogP contribution in [0.3, 0.4) is 0 Å². The molecule has 0 unspecified atom stereocenters. The highest BCUT2D eigenvalue weighted by molar-refractivity contribution is 7.92. The summed E-state index contributed by atoms with van der Waals surface area (Å²) in [4.78, 5) is 0.244. The third kappa shape index (κ3) is 1.56. The van der Waals surface area contributed by atoms with Crippen molar-refractivity contribution in [1.29, 1.82) is 0 Å². The van der Waals surface area contributed by atoms with Gasteiger partial charge in [0.25, 0.3) is 0 Å². The summed E-state index contributed by atoms with van der Waals surface area (Å²) < 4.78 is 33.9. The molecular weight excluding hydrogens is 232 g/mol. The van der Waals surface area contributed by atoms with Crippen LogP contribution < -0.4 is 0 Å². The van der Waals surface area contributed by atoms with Gasteiger partial charge in [-0.25, -0.2) is 8.42 Å². The molecule has 17 heavy (non-hydrogen) atoms. The molecule has 2 saturated carbocycles. The van der Waals surface area contributed by atoms with Crippen molar-refractivity contribution in [3.8, 4) is 0 Å². The first-order valence-electron chi connectivity index (χ1n) is 6.47. The van der Waals surface area contributed by atoms with E-state index in [1.54, 1.807) is 30.3 Å². The van der Waals surface area contributed by atoms with Gasteiger partial charge in [0.2, 0.25) is 0 Å². The SMILES string of the molecule is [2H][C@]1(S(=O)(=O)c2ccccc2)C(=C)[C@@H]2CC[C@H]1C2. The summed E-state index contributed by atoms with van der Waals surface area (Å²) in [7, 11) is -3.65. The molecular formula is C14H16O2S. The Hall–Kier alpha value is -1.09. The number of benzene rings is 1. The summed E-state index contributed by atoms with van der Waals surface area (Å²) in [6, 6.07) is 8.33. The van der Waals surface area contributed by atoms with E-state index in [2.05, 4.69) is 6.58 Å². The Morgan fingerprint density at radius 2 is 1.94 bits per heavy atom. The van der Waals surface area contributed by atoms with E-state index in [0.717, 1.165) is 19.3 Å². The minimum Gasteiger partial charge on any atom is -0.223 e. The molecule has 0 spiro atoms. The summed E-state index contributed by atoms with van der Waals surface area (Å²) >= 11 is 0. The summed E-state index contributed by atoms with van der Waals surface area (Å²) in [6.45, 7) is 3.92.